The van der Waals surface area contributed by atoms with Gasteiger partial charge in [-0.25, -0.2) is 0 Å². The zero-order chi connectivity index (χ0) is 24.1. The summed E-state index contributed by atoms with van der Waals surface area (Å²) in [5.74, 6) is -0.874. The molecule has 1 saturated heterocycles. The Morgan fingerprint density at radius 2 is 1.91 bits per heavy atom. The third-order valence-electron chi connectivity index (χ3n) is 5.55. The van der Waals surface area contributed by atoms with Gasteiger partial charge in [-0.15, -0.1) is 0 Å². The average molecular weight is 469 g/mol. The summed E-state index contributed by atoms with van der Waals surface area (Å²) in [6, 6.07) is 11.5. The lowest BCUT2D eigenvalue weighted by Gasteiger charge is -2.26. The minimum atomic E-state index is -0.694. The third kappa shape index (κ3) is 5.46. The second-order valence-electron chi connectivity index (χ2n) is 8.28. The lowest BCUT2D eigenvalue weighted by molar-refractivity contribution is -0.139. The molecular formula is C26H29ClN2O4. The van der Waals surface area contributed by atoms with Crippen LogP contribution in [0.1, 0.15) is 29.2 Å². The van der Waals surface area contributed by atoms with Crippen molar-refractivity contribution in [1.82, 2.24) is 9.80 Å². The summed E-state index contributed by atoms with van der Waals surface area (Å²) in [6.07, 6.45) is 2.34. The fourth-order valence-corrected chi connectivity index (χ4v) is 4.08. The Morgan fingerprint density at radius 3 is 2.52 bits per heavy atom. The predicted molar refractivity (Wildman–Crippen MR) is 131 cm³/mol. The van der Waals surface area contributed by atoms with E-state index in [0.717, 1.165) is 12.1 Å². The van der Waals surface area contributed by atoms with Crippen molar-refractivity contribution in [3.05, 3.63) is 82.4 Å². The lowest BCUT2D eigenvalue weighted by atomic mass is 9.94. The largest absolute Gasteiger partial charge is 0.507 e. The first-order chi connectivity index (χ1) is 15.7. The number of carbonyl (C=O) groups excluding carboxylic acids is 2. The quantitative estimate of drug-likeness (QED) is 0.252. The van der Waals surface area contributed by atoms with E-state index in [9.17, 15) is 14.7 Å². The van der Waals surface area contributed by atoms with Crippen LogP contribution >= 0.6 is 11.6 Å². The van der Waals surface area contributed by atoms with Crippen molar-refractivity contribution in [2.24, 2.45) is 0 Å². The molecule has 1 amide bonds. The van der Waals surface area contributed by atoms with Gasteiger partial charge in [0.05, 0.1) is 11.6 Å². The molecule has 0 saturated carbocycles. The molecule has 0 radical (unpaired) electrons. The molecule has 2 aromatic carbocycles. The van der Waals surface area contributed by atoms with Crippen LogP contribution in [-0.2, 0) is 9.59 Å². The van der Waals surface area contributed by atoms with Gasteiger partial charge in [0.2, 0.25) is 0 Å². The molecule has 174 valence electrons. The highest BCUT2D eigenvalue weighted by Gasteiger charge is 2.45. The Kier molecular flexibility index (Phi) is 7.95. The van der Waals surface area contributed by atoms with E-state index in [0.29, 0.717) is 41.5 Å². The Labute approximate surface area is 199 Å². The second-order valence-corrected chi connectivity index (χ2v) is 8.71. The first-order valence-corrected chi connectivity index (χ1v) is 11.2. The first kappa shape index (κ1) is 24.6. The number of ether oxygens (including phenoxy) is 1. The number of halogens is 1. The van der Waals surface area contributed by atoms with Crippen molar-refractivity contribution in [2.75, 3.05) is 33.8 Å². The SMILES string of the molecule is C=CCOc1ccc(/C(O)=C2\C(=O)C(=O)N(CCCN(C)C)C2c2ccc(Cl)cc2)c(C)c1. The van der Waals surface area contributed by atoms with Crippen LogP contribution in [0.5, 0.6) is 5.75 Å². The Morgan fingerprint density at radius 1 is 1.21 bits per heavy atom. The number of ketones is 1. The normalized spacial score (nSPS) is 17.6. The van der Waals surface area contributed by atoms with Gasteiger partial charge in [-0.3, -0.25) is 9.59 Å². The Bertz CT molecular complexity index is 1080. The second kappa shape index (κ2) is 10.7. The number of aryl methyl sites for hydroxylation is 1. The van der Waals surface area contributed by atoms with Gasteiger partial charge in [-0.1, -0.05) is 36.4 Å². The number of likely N-dealkylation sites (tertiary alicyclic amines) is 1. The number of aliphatic hydroxyl groups is 1. The molecule has 3 rings (SSSR count). The molecule has 1 aliphatic heterocycles. The summed E-state index contributed by atoms with van der Waals surface area (Å²) in [6.45, 7) is 6.97. The Balaban J connectivity index is 2.07. The van der Waals surface area contributed by atoms with Gasteiger partial charge in [-0.05, 0) is 75.4 Å². The summed E-state index contributed by atoms with van der Waals surface area (Å²) in [4.78, 5) is 29.7. The summed E-state index contributed by atoms with van der Waals surface area (Å²) >= 11 is 6.06. The smallest absolute Gasteiger partial charge is 0.295 e. The summed E-state index contributed by atoms with van der Waals surface area (Å²) in [7, 11) is 3.91. The first-order valence-electron chi connectivity index (χ1n) is 10.8. The average Bonchev–Trinajstić information content (AvgIpc) is 3.02. The van der Waals surface area contributed by atoms with Crippen LogP contribution in [0.3, 0.4) is 0 Å². The van der Waals surface area contributed by atoms with Crippen LogP contribution in [0.15, 0.2) is 60.7 Å². The van der Waals surface area contributed by atoms with Crippen molar-refractivity contribution < 1.29 is 19.4 Å². The number of benzene rings is 2. The van der Waals surface area contributed by atoms with E-state index in [1.165, 1.54) is 4.90 Å². The molecule has 7 heteroatoms. The molecule has 33 heavy (non-hydrogen) atoms. The maximum absolute atomic E-state index is 13.1. The zero-order valence-electron chi connectivity index (χ0n) is 19.2. The van der Waals surface area contributed by atoms with Gasteiger partial charge >= 0.3 is 0 Å². The molecule has 2 aromatic rings. The lowest BCUT2D eigenvalue weighted by Crippen LogP contribution is -2.32. The number of rotatable bonds is 9. The third-order valence-corrected chi connectivity index (χ3v) is 5.80. The van der Waals surface area contributed by atoms with Gasteiger partial charge in [0.25, 0.3) is 11.7 Å². The van der Waals surface area contributed by atoms with E-state index in [1.807, 2.05) is 25.9 Å². The Hall–Kier alpha value is -3.09. The molecule has 1 unspecified atom stereocenters. The molecule has 0 spiro atoms. The van der Waals surface area contributed by atoms with E-state index in [1.54, 1.807) is 48.5 Å². The highest BCUT2D eigenvalue weighted by molar-refractivity contribution is 6.46. The molecule has 1 fully saturated rings. The summed E-state index contributed by atoms with van der Waals surface area (Å²) in [5.41, 5.74) is 2.00. The van der Waals surface area contributed by atoms with Crippen LogP contribution in [0.4, 0.5) is 0 Å². The van der Waals surface area contributed by atoms with E-state index >= 15 is 0 Å². The number of aliphatic hydroxyl groups excluding tert-OH is 1. The summed E-state index contributed by atoms with van der Waals surface area (Å²) < 4.78 is 5.56. The van der Waals surface area contributed by atoms with Crippen LogP contribution in [0, 0.1) is 6.92 Å². The highest BCUT2D eigenvalue weighted by atomic mass is 35.5. The van der Waals surface area contributed by atoms with E-state index in [4.69, 9.17) is 16.3 Å². The van der Waals surface area contributed by atoms with Crippen molar-refractivity contribution in [1.29, 1.82) is 0 Å². The monoisotopic (exact) mass is 468 g/mol. The van der Waals surface area contributed by atoms with E-state index in [-0.39, 0.29) is 11.3 Å². The van der Waals surface area contributed by atoms with Crippen LogP contribution < -0.4 is 4.74 Å². The van der Waals surface area contributed by atoms with Gasteiger partial charge in [0, 0.05) is 17.1 Å². The minimum absolute atomic E-state index is 0.0787. The highest BCUT2D eigenvalue weighted by Crippen LogP contribution is 2.40. The maximum atomic E-state index is 13.1. The van der Waals surface area contributed by atoms with E-state index < -0.39 is 17.7 Å². The van der Waals surface area contributed by atoms with Gasteiger partial charge < -0.3 is 19.6 Å². The topological polar surface area (TPSA) is 70.1 Å². The number of carbonyl (C=O) groups is 2. The number of Topliss-reactive ketones (excluding diaryl/α,β-unsaturated/α-hetero) is 1. The molecule has 1 atom stereocenters. The fraction of sp³-hybridized carbons (Fsp3) is 0.308. The molecular weight excluding hydrogens is 440 g/mol. The number of nitrogens with zero attached hydrogens (tertiary/aromatic N) is 2. The minimum Gasteiger partial charge on any atom is -0.507 e. The molecule has 1 N–H and O–H groups in total. The van der Waals surface area contributed by atoms with Crippen LogP contribution in [0.25, 0.3) is 5.76 Å². The zero-order valence-corrected chi connectivity index (χ0v) is 19.9. The molecule has 0 aliphatic carbocycles. The standard InChI is InChI=1S/C26H29ClN2O4/c1-5-15-33-20-11-12-21(17(2)16-20)24(30)22-23(18-7-9-19(27)10-8-18)29(26(32)25(22)31)14-6-13-28(3)4/h5,7-12,16,23,30H,1,6,13-15H2,2-4H3/b24-22+. The number of hydrogen-bond acceptors (Lipinski definition) is 5. The molecule has 0 aromatic heterocycles. The van der Waals surface area contributed by atoms with Crippen LogP contribution in [-0.4, -0.2) is 60.4 Å². The number of amides is 1. The van der Waals surface area contributed by atoms with Crippen LogP contribution in [0.2, 0.25) is 5.02 Å². The molecule has 0 bridgehead atoms. The number of hydrogen-bond donors (Lipinski definition) is 1. The molecule has 1 aliphatic rings. The van der Waals surface area contributed by atoms with Crippen molar-refractivity contribution in [3.63, 3.8) is 0 Å². The maximum Gasteiger partial charge on any atom is 0.295 e. The fourth-order valence-electron chi connectivity index (χ4n) is 3.95. The van der Waals surface area contributed by atoms with Gasteiger partial charge in [0.1, 0.15) is 18.1 Å². The predicted octanol–water partition coefficient (Wildman–Crippen LogP) is 4.59. The van der Waals surface area contributed by atoms with E-state index in [2.05, 4.69) is 6.58 Å². The van der Waals surface area contributed by atoms with Crippen molar-refractivity contribution in [3.8, 4) is 5.75 Å². The summed E-state index contributed by atoms with van der Waals surface area (Å²) in [5, 5.41) is 11.8. The van der Waals surface area contributed by atoms with Gasteiger partial charge in [0.15, 0.2) is 0 Å². The van der Waals surface area contributed by atoms with Crippen molar-refractivity contribution in [2.45, 2.75) is 19.4 Å². The molecule has 6 nitrogen and oxygen atoms in total. The van der Waals surface area contributed by atoms with Crippen molar-refractivity contribution >= 4 is 29.1 Å². The molecule has 1 heterocycles. The van der Waals surface area contributed by atoms with Gasteiger partial charge in [-0.2, -0.15) is 0 Å².